The van der Waals surface area contributed by atoms with E-state index < -0.39 is 0 Å². The maximum Gasteiger partial charge on any atom is 0.190 e. The van der Waals surface area contributed by atoms with Crippen molar-refractivity contribution in [3.8, 4) is 5.69 Å². The monoisotopic (exact) mass is 263 g/mol. The lowest BCUT2D eigenvalue weighted by Crippen LogP contribution is -2.07. The minimum atomic E-state index is 0.0869. The fraction of sp³-hybridized carbons (Fsp3) is 0.0833. The van der Waals surface area contributed by atoms with Crippen molar-refractivity contribution in [1.82, 2.24) is 4.57 Å². The van der Waals surface area contributed by atoms with E-state index in [9.17, 15) is 4.79 Å². The van der Waals surface area contributed by atoms with E-state index in [2.05, 4.69) is 15.9 Å². The molecule has 76 valence electrons. The van der Waals surface area contributed by atoms with Gasteiger partial charge in [0.25, 0.3) is 0 Å². The molecule has 0 radical (unpaired) electrons. The Morgan fingerprint density at radius 2 is 1.87 bits per heavy atom. The quantitative estimate of drug-likeness (QED) is 0.617. The molecule has 15 heavy (non-hydrogen) atoms. The number of aromatic nitrogens is 1. The molecule has 0 aliphatic carbocycles. The van der Waals surface area contributed by atoms with Gasteiger partial charge in [-0.25, -0.2) is 0 Å². The van der Waals surface area contributed by atoms with Gasteiger partial charge in [-0.3, -0.25) is 4.79 Å². The molecule has 0 N–H and O–H groups in total. The Morgan fingerprint density at radius 3 is 2.53 bits per heavy atom. The van der Waals surface area contributed by atoms with E-state index in [1.807, 2.05) is 53.2 Å². The highest BCUT2D eigenvalue weighted by Crippen LogP contribution is 2.13. The standard InChI is InChI=1S/C12H10BrNO/c13-9-12(15)11-7-4-8-14(11)10-5-2-1-3-6-10/h1-8H,9H2. The second-order valence-corrected chi connectivity index (χ2v) is 3.72. The van der Waals surface area contributed by atoms with Gasteiger partial charge in [0.1, 0.15) is 0 Å². The van der Waals surface area contributed by atoms with Gasteiger partial charge in [0.2, 0.25) is 0 Å². The number of carbonyl (C=O) groups excluding carboxylic acids is 1. The van der Waals surface area contributed by atoms with Crippen LogP contribution in [0.1, 0.15) is 10.5 Å². The first-order valence-corrected chi connectivity index (χ1v) is 5.77. The predicted molar refractivity (Wildman–Crippen MR) is 63.9 cm³/mol. The highest BCUT2D eigenvalue weighted by molar-refractivity contribution is 9.09. The molecule has 0 atom stereocenters. The number of alkyl halides is 1. The lowest BCUT2D eigenvalue weighted by atomic mass is 10.3. The van der Waals surface area contributed by atoms with Gasteiger partial charge in [-0.1, -0.05) is 34.1 Å². The molecule has 1 aromatic heterocycles. The van der Waals surface area contributed by atoms with Crippen LogP contribution >= 0.6 is 15.9 Å². The number of nitrogens with zero attached hydrogens (tertiary/aromatic N) is 1. The van der Waals surface area contributed by atoms with Crippen LogP contribution in [0, 0.1) is 0 Å². The summed E-state index contributed by atoms with van der Waals surface area (Å²) < 4.78 is 1.89. The van der Waals surface area contributed by atoms with Crippen molar-refractivity contribution in [2.24, 2.45) is 0 Å². The summed E-state index contributed by atoms with van der Waals surface area (Å²) in [6, 6.07) is 13.5. The Morgan fingerprint density at radius 1 is 1.13 bits per heavy atom. The van der Waals surface area contributed by atoms with Crippen molar-refractivity contribution < 1.29 is 4.79 Å². The average Bonchev–Trinajstić information content (AvgIpc) is 2.78. The Labute approximate surface area is 96.7 Å². The Bertz CT molecular complexity index is 461. The van der Waals surface area contributed by atoms with Crippen LogP contribution in [0.2, 0.25) is 0 Å². The summed E-state index contributed by atoms with van der Waals surface area (Å²) in [5, 5.41) is 0.351. The number of Topliss-reactive ketones (excluding diaryl/α,β-unsaturated/α-hetero) is 1. The molecule has 0 saturated carbocycles. The van der Waals surface area contributed by atoms with Crippen LogP contribution in [0.15, 0.2) is 48.7 Å². The molecule has 1 aromatic carbocycles. The maximum atomic E-state index is 11.6. The number of carbonyl (C=O) groups is 1. The van der Waals surface area contributed by atoms with Gasteiger partial charge < -0.3 is 4.57 Å². The molecule has 0 unspecified atom stereocenters. The zero-order valence-electron chi connectivity index (χ0n) is 8.06. The molecular formula is C12H10BrNO. The van der Waals surface area contributed by atoms with Crippen molar-refractivity contribution in [2.75, 3.05) is 5.33 Å². The number of rotatable bonds is 3. The summed E-state index contributed by atoms with van der Waals surface area (Å²) in [6.07, 6.45) is 1.89. The first-order valence-electron chi connectivity index (χ1n) is 4.65. The largest absolute Gasteiger partial charge is 0.314 e. The molecular weight excluding hydrogens is 254 g/mol. The molecule has 0 amide bonds. The lowest BCUT2D eigenvalue weighted by Gasteiger charge is -2.06. The number of ketones is 1. The third-order valence-corrected chi connectivity index (χ3v) is 2.70. The van der Waals surface area contributed by atoms with E-state index in [0.29, 0.717) is 11.0 Å². The molecule has 0 aliphatic heterocycles. The fourth-order valence-corrected chi connectivity index (χ4v) is 1.78. The number of halogens is 1. The third-order valence-electron chi connectivity index (χ3n) is 2.19. The smallest absolute Gasteiger partial charge is 0.190 e. The highest BCUT2D eigenvalue weighted by Gasteiger charge is 2.09. The minimum absolute atomic E-state index is 0.0869. The number of hydrogen-bond acceptors (Lipinski definition) is 1. The van der Waals surface area contributed by atoms with E-state index in [0.717, 1.165) is 5.69 Å². The molecule has 2 rings (SSSR count). The van der Waals surface area contributed by atoms with Crippen LogP contribution < -0.4 is 0 Å². The van der Waals surface area contributed by atoms with E-state index in [1.165, 1.54) is 0 Å². The number of para-hydroxylation sites is 1. The topological polar surface area (TPSA) is 22.0 Å². The van der Waals surface area contributed by atoms with Crippen LogP contribution in [-0.4, -0.2) is 15.7 Å². The van der Waals surface area contributed by atoms with E-state index in [4.69, 9.17) is 0 Å². The predicted octanol–water partition coefficient (Wildman–Crippen LogP) is 3.05. The van der Waals surface area contributed by atoms with Crippen LogP contribution in [-0.2, 0) is 0 Å². The van der Waals surface area contributed by atoms with Crippen molar-refractivity contribution in [3.63, 3.8) is 0 Å². The Balaban J connectivity index is 2.46. The molecule has 1 heterocycles. The summed E-state index contributed by atoms with van der Waals surface area (Å²) in [6.45, 7) is 0. The van der Waals surface area contributed by atoms with E-state index in [1.54, 1.807) is 0 Å². The number of hydrogen-bond donors (Lipinski definition) is 0. The zero-order chi connectivity index (χ0) is 10.7. The molecule has 3 heteroatoms. The van der Waals surface area contributed by atoms with Crippen LogP contribution in [0.3, 0.4) is 0 Å². The second-order valence-electron chi connectivity index (χ2n) is 3.16. The zero-order valence-corrected chi connectivity index (χ0v) is 9.65. The summed E-state index contributed by atoms with van der Waals surface area (Å²) in [5.74, 6) is 0.0869. The first-order chi connectivity index (χ1) is 7.33. The van der Waals surface area contributed by atoms with Gasteiger partial charge >= 0.3 is 0 Å². The Kier molecular flexibility index (Phi) is 3.02. The SMILES string of the molecule is O=C(CBr)c1cccn1-c1ccccc1. The molecule has 0 bridgehead atoms. The van der Waals surface area contributed by atoms with Crippen molar-refractivity contribution in [2.45, 2.75) is 0 Å². The lowest BCUT2D eigenvalue weighted by molar-refractivity contribution is 0.101. The first kappa shape index (κ1) is 10.2. The van der Waals surface area contributed by atoms with Gasteiger partial charge in [-0.05, 0) is 24.3 Å². The van der Waals surface area contributed by atoms with Gasteiger partial charge in [0, 0.05) is 11.9 Å². The van der Waals surface area contributed by atoms with Crippen LogP contribution in [0.5, 0.6) is 0 Å². The van der Waals surface area contributed by atoms with Gasteiger partial charge in [-0.2, -0.15) is 0 Å². The summed E-state index contributed by atoms with van der Waals surface area (Å²) in [5.41, 5.74) is 1.71. The third kappa shape index (κ3) is 2.02. The fourth-order valence-electron chi connectivity index (χ4n) is 1.49. The maximum absolute atomic E-state index is 11.6. The molecule has 0 saturated heterocycles. The van der Waals surface area contributed by atoms with E-state index in [-0.39, 0.29) is 5.78 Å². The summed E-state index contributed by atoms with van der Waals surface area (Å²) in [4.78, 5) is 11.6. The van der Waals surface area contributed by atoms with Crippen LogP contribution in [0.4, 0.5) is 0 Å². The van der Waals surface area contributed by atoms with Crippen molar-refractivity contribution in [1.29, 1.82) is 0 Å². The number of benzene rings is 1. The normalized spacial score (nSPS) is 10.2. The summed E-state index contributed by atoms with van der Waals surface area (Å²) >= 11 is 3.18. The molecule has 2 aromatic rings. The van der Waals surface area contributed by atoms with Crippen LogP contribution in [0.25, 0.3) is 5.69 Å². The summed E-state index contributed by atoms with van der Waals surface area (Å²) in [7, 11) is 0. The van der Waals surface area contributed by atoms with Crippen molar-refractivity contribution >= 4 is 21.7 Å². The van der Waals surface area contributed by atoms with Gasteiger partial charge in [0.15, 0.2) is 5.78 Å². The van der Waals surface area contributed by atoms with Gasteiger partial charge in [-0.15, -0.1) is 0 Å². The Hall–Kier alpha value is -1.35. The second kappa shape index (κ2) is 4.45. The molecule has 0 aliphatic rings. The molecule has 2 nitrogen and oxygen atoms in total. The highest BCUT2D eigenvalue weighted by atomic mass is 79.9. The average molecular weight is 264 g/mol. The van der Waals surface area contributed by atoms with Crippen molar-refractivity contribution in [3.05, 3.63) is 54.4 Å². The minimum Gasteiger partial charge on any atom is -0.314 e. The molecule has 0 fully saturated rings. The van der Waals surface area contributed by atoms with E-state index >= 15 is 0 Å². The molecule has 0 spiro atoms. The van der Waals surface area contributed by atoms with Gasteiger partial charge in [0.05, 0.1) is 11.0 Å².